The van der Waals surface area contributed by atoms with Crippen LogP contribution in [-0.4, -0.2) is 0 Å². The van der Waals surface area contributed by atoms with E-state index in [0.29, 0.717) is 16.5 Å². The van der Waals surface area contributed by atoms with Crippen LogP contribution in [0.15, 0.2) is 162 Å². The van der Waals surface area contributed by atoms with E-state index < -0.39 is 60.4 Å². The van der Waals surface area contributed by atoms with E-state index in [2.05, 4.69) is 6.07 Å². The lowest BCUT2D eigenvalue weighted by atomic mass is 9.85. The zero-order valence-electron chi connectivity index (χ0n) is 33.6. The van der Waals surface area contributed by atoms with Crippen molar-refractivity contribution in [1.29, 1.82) is 0 Å². The van der Waals surface area contributed by atoms with E-state index >= 15 is 0 Å². The van der Waals surface area contributed by atoms with E-state index in [1.54, 1.807) is 36.4 Å². The molecule has 0 N–H and O–H groups in total. The molecule has 0 aliphatic rings. The van der Waals surface area contributed by atoms with Gasteiger partial charge in [-0.25, -0.2) is 0 Å². The summed E-state index contributed by atoms with van der Waals surface area (Å²) < 4.78 is 105. The van der Waals surface area contributed by atoms with E-state index in [4.69, 9.17) is 12.6 Å². The van der Waals surface area contributed by atoms with Crippen LogP contribution in [0.5, 0.6) is 0 Å². The lowest BCUT2D eigenvalue weighted by Gasteiger charge is -2.18. The average Bonchev–Trinajstić information content (AvgIpc) is 3.58. The first kappa shape index (κ1) is 15.5. The molecule has 43 heavy (non-hydrogen) atoms. The Balaban J connectivity index is 1.48. The molecule has 0 aliphatic heterocycles. The highest BCUT2D eigenvalue weighted by molar-refractivity contribution is 6.24. The Morgan fingerprint density at radius 3 is 1.74 bits per heavy atom. The van der Waals surface area contributed by atoms with Crippen molar-refractivity contribution in [2.75, 3.05) is 0 Å². The van der Waals surface area contributed by atoms with Crippen molar-refractivity contribution in [2.45, 2.75) is 0 Å². The third-order valence-corrected chi connectivity index (χ3v) is 8.08. The highest BCUT2D eigenvalue weighted by Crippen LogP contribution is 2.46. The molecule has 0 unspecified atom stereocenters. The Kier molecular flexibility index (Phi) is 3.41. The Labute approximate surface area is 264 Å². The van der Waals surface area contributed by atoms with E-state index in [1.807, 2.05) is 48.5 Å². The van der Waals surface area contributed by atoms with Gasteiger partial charge in [-0.15, -0.1) is 0 Å². The third kappa shape index (κ3) is 3.72. The predicted octanol–water partition coefficient (Wildman–Crippen LogP) is 12.0. The fourth-order valence-corrected chi connectivity index (χ4v) is 6.10. The number of hydrogen-bond donors (Lipinski definition) is 0. The largest absolute Gasteiger partial charge is 0.455 e. The molecule has 0 radical (unpaired) electrons. The fraction of sp³-hybridized carbons (Fsp3) is 0. The fourth-order valence-electron chi connectivity index (χ4n) is 6.10. The van der Waals surface area contributed by atoms with Gasteiger partial charge in [0.05, 0.1) is 15.1 Å². The van der Waals surface area contributed by atoms with Crippen molar-refractivity contribution in [1.82, 2.24) is 0 Å². The Morgan fingerprint density at radius 2 is 1.00 bits per heavy atom. The van der Waals surface area contributed by atoms with Gasteiger partial charge in [-0.3, -0.25) is 0 Å². The number of rotatable bonds is 3. The van der Waals surface area contributed by atoms with E-state index in [9.17, 15) is 6.85 Å². The van der Waals surface area contributed by atoms with Crippen LogP contribution in [-0.2, 0) is 0 Å². The van der Waals surface area contributed by atoms with Gasteiger partial charge in [-0.05, 0) is 66.7 Å². The molecule has 1 aromatic heterocycles. The van der Waals surface area contributed by atoms with Crippen molar-refractivity contribution < 1.29 is 19.5 Å². The summed E-state index contributed by atoms with van der Waals surface area (Å²) in [4.78, 5) is 0. The summed E-state index contributed by atoms with van der Waals surface area (Å²) in [6.07, 6.45) is 0. The summed E-state index contributed by atoms with van der Waals surface area (Å²) in [5.41, 5.74) is 2.56. The molecule has 0 spiro atoms. The number of furan rings is 1. The summed E-state index contributed by atoms with van der Waals surface area (Å²) in [7, 11) is 0. The zero-order chi connectivity index (χ0) is 37.9. The number of para-hydroxylation sites is 2. The van der Waals surface area contributed by atoms with Crippen molar-refractivity contribution >= 4 is 54.3 Å². The second kappa shape index (κ2) is 9.44. The zero-order valence-corrected chi connectivity index (χ0v) is 22.6. The second-order valence-corrected chi connectivity index (χ2v) is 10.4. The lowest BCUT2D eigenvalue weighted by molar-refractivity contribution is 0.670. The lowest BCUT2D eigenvalue weighted by Crippen LogP contribution is -1.91. The number of fused-ring (bicyclic) bond motifs is 6. The minimum Gasteiger partial charge on any atom is -0.455 e. The van der Waals surface area contributed by atoms with Crippen LogP contribution in [0.3, 0.4) is 0 Å². The van der Waals surface area contributed by atoms with Crippen LogP contribution >= 0.6 is 0 Å². The van der Waals surface area contributed by atoms with E-state index in [-0.39, 0.29) is 55.2 Å². The van der Waals surface area contributed by atoms with Gasteiger partial charge in [0.1, 0.15) is 11.2 Å². The molecule has 0 aliphatic carbocycles. The standard InChI is InChI=1S/C42H26O/c1-2-11-30-26-31(25-22-27(30)10-1)28-20-23-29(24-21-28)40-33-13-3-5-15-35(33)41(36-16-6-4-14-34(36)40)38-18-9-17-37-32-12-7-8-19-39(32)43-42(37)38/h1-26H/i3D,4D,5D,6D,9D,13D,14D,15D,16D,17D,18D. The van der Waals surface area contributed by atoms with Crippen molar-refractivity contribution in [2.24, 2.45) is 0 Å². The first-order valence-electron chi connectivity index (χ1n) is 19.4. The van der Waals surface area contributed by atoms with Crippen LogP contribution < -0.4 is 0 Å². The van der Waals surface area contributed by atoms with Crippen molar-refractivity contribution in [3.8, 4) is 33.4 Å². The average molecular weight is 558 g/mol. The topological polar surface area (TPSA) is 13.1 Å². The maximum absolute atomic E-state index is 9.31. The second-order valence-electron chi connectivity index (χ2n) is 10.4. The van der Waals surface area contributed by atoms with Gasteiger partial charge in [-0.1, -0.05) is 145 Å². The smallest absolute Gasteiger partial charge is 0.143 e. The van der Waals surface area contributed by atoms with Gasteiger partial charge in [-0.2, -0.15) is 0 Å². The van der Waals surface area contributed by atoms with Gasteiger partial charge in [0.15, 0.2) is 0 Å². The summed E-state index contributed by atoms with van der Waals surface area (Å²) >= 11 is 0. The number of benzene rings is 8. The number of hydrogen-bond acceptors (Lipinski definition) is 1. The first-order valence-corrected chi connectivity index (χ1v) is 13.9. The highest BCUT2D eigenvalue weighted by Gasteiger charge is 2.20. The summed E-state index contributed by atoms with van der Waals surface area (Å²) in [6, 6.07) is 22.9. The molecule has 9 aromatic rings. The van der Waals surface area contributed by atoms with E-state index in [0.717, 1.165) is 21.9 Å². The Morgan fingerprint density at radius 1 is 0.419 bits per heavy atom. The minimum absolute atomic E-state index is 0.00268. The maximum atomic E-state index is 9.31. The van der Waals surface area contributed by atoms with Crippen LogP contribution in [0.4, 0.5) is 0 Å². The van der Waals surface area contributed by atoms with Crippen molar-refractivity contribution in [3.63, 3.8) is 0 Å². The predicted molar refractivity (Wildman–Crippen MR) is 183 cm³/mol. The van der Waals surface area contributed by atoms with Crippen LogP contribution in [0, 0.1) is 0 Å². The molecule has 9 rings (SSSR count). The monoisotopic (exact) mass is 557 g/mol. The molecule has 0 bridgehead atoms. The molecule has 200 valence electrons. The minimum atomic E-state index is -0.581. The Bertz CT molecular complexity index is 3030. The van der Waals surface area contributed by atoms with Crippen LogP contribution in [0.25, 0.3) is 87.6 Å². The Hall–Kier alpha value is -5.66. The molecule has 1 heteroatoms. The SMILES string of the molecule is [2H]c1c([2H])c([2H])c2c(oc3ccccc32)c1-c1c2c([2H])c([2H])c([2H])c([2H])c2c(-c2ccc(-c3ccc4ccccc4c3)cc2)c2c([2H])c([2H])c([2H])c([2H])c12. The van der Waals surface area contributed by atoms with Gasteiger partial charge >= 0.3 is 0 Å². The normalized spacial score (nSPS) is 15.3. The van der Waals surface area contributed by atoms with Gasteiger partial charge in [0.25, 0.3) is 0 Å². The molecular formula is C42H26O. The van der Waals surface area contributed by atoms with Gasteiger partial charge in [0, 0.05) is 21.9 Å². The molecule has 0 fully saturated rings. The van der Waals surface area contributed by atoms with Gasteiger partial charge in [0.2, 0.25) is 0 Å². The quantitative estimate of drug-likeness (QED) is 0.197. The maximum Gasteiger partial charge on any atom is 0.143 e. The molecule has 8 aromatic carbocycles. The first-order chi connectivity index (χ1) is 25.9. The molecular weight excluding hydrogens is 520 g/mol. The summed E-state index contributed by atoms with van der Waals surface area (Å²) in [6.45, 7) is 0. The molecule has 0 saturated carbocycles. The summed E-state index contributed by atoms with van der Waals surface area (Å²) in [5, 5.41) is 2.61. The molecule has 1 nitrogen and oxygen atoms in total. The van der Waals surface area contributed by atoms with Crippen molar-refractivity contribution in [3.05, 3.63) is 157 Å². The molecule has 0 saturated heterocycles. The highest BCUT2D eigenvalue weighted by atomic mass is 16.3. The van der Waals surface area contributed by atoms with Crippen LogP contribution in [0.1, 0.15) is 15.1 Å². The molecule has 1 heterocycles. The van der Waals surface area contributed by atoms with Gasteiger partial charge < -0.3 is 4.42 Å². The molecule has 0 amide bonds. The summed E-state index contributed by atoms with van der Waals surface area (Å²) in [5.74, 6) is 0. The third-order valence-electron chi connectivity index (χ3n) is 8.08. The van der Waals surface area contributed by atoms with E-state index in [1.165, 1.54) is 0 Å². The molecule has 0 atom stereocenters. The van der Waals surface area contributed by atoms with Crippen LogP contribution in [0.2, 0.25) is 0 Å².